The molecule has 0 radical (unpaired) electrons. The van der Waals surface area contributed by atoms with Gasteiger partial charge in [-0.1, -0.05) is 37.6 Å². The second kappa shape index (κ2) is 8.52. The van der Waals surface area contributed by atoms with Gasteiger partial charge in [0.25, 0.3) is 0 Å². The fourth-order valence-electron chi connectivity index (χ4n) is 3.62. The molecule has 0 spiro atoms. The minimum absolute atomic E-state index is 0.577. The fourth-order valence-corrected chi connectivity index (χ4v) is 3.62. The van der Waals surface area contributed by atoms with E-state index in [0.717, 1.165) is 24.9 Å². The third-order valence-corrected chi connectivity index (χ3v) is 5.40. The highest BCUT2D eigenvalue weighted by molar-refractivity contribution is 5.77. The van der Waals surface area contributed by atoms with E-state index in [0.29, 0.717) is 12.5 Å². The number of benzene rings is 1. The standard InChI is InChI=1S/C20H32N4/c1-16-4-3-11-24(14-16)15-19-9-7-18(8-10-19)13-23-20(21)22-12-17-5-2-6-17/h7-10,16-17H,2-6,11-15H2,1H3,(H3,21,22,23). The van der Waals surface area contributed by atoms with Gasteiger partial charge >= 0.3 is 0 Å². The summed E-state index contributed by atoms with van der Waals surface area (Å²) in [6, 6.07) is 8.85. The Morgan fingerprint density at radius 3 is 2.58 bits per heavy atom. The van der Waals surface area contributed by atoms with Gasteiger partial charge in [0, 0.05) is 19.6 Å². The van der Waals surface area contributed by atoms with Crippen LogP contribution in [0.1, 0.15) is 50.2 Å². The molecule has 3 N–H and O–H groups in total. The van der Waals surface area contributed by atoms with Gasteiger partial charge in [-0.05, 0) is 55.2 Å². The highest BCUT2D eigenvalue weighted by Crippen LogP contribution is 2.25. The fraction of sp³-hybridized carbons (Fsp3) is 0.650. The lowest BCUT2D eigenvalue weighted by atomic mass is 9.85. The van der Waals surface area contributed by atoms with Crippen LogP contribution in [-0.2, 0) is 13.1 Å². The molecule has 2 fully saturated rings. The molecule has 1 aliphatic heterocycles. The van der Waals surface area contributed by atoms with Gasteiger partial charge < -0.3 is 11.1 Å². The van der Waals surface area contributed by atoms with E-state index in [4.69, 9.17) is 5.73 Å². The van der Waals surface area contributed by atoms with Gasteiger partial charge in [0.05, 0.1) is 6.54 Å². The maximum atomic E-state index is 5.95. The summed E-state index contributed by atoms with van der Waals surface area (Å²) >= 11 is 0. The van der Waals surface area contributed by atoms with Gasteiger partial charge in [0.1, 0.15) is 0 Å². The number of nitrogens with one attached hydrogen (secondary N) is 1. The van der Waals surface area contributed by atoms with E-state index < -0.39 is 0 Å². The Bertz CT molecular complexity index is 533. The average molecular weight is 329 g/mol. The summed E-state index contributed by atoms with van der Waals surface area (Å²) in [6.07, 6.45) is 6.74. The Labute approximate surface area is 146 Å². The second-order valence-corrected chi connectivity index (χ2v) is 7.68. The molecule has 1 saturated heterocycles. The molecule has 1 saturated carbocycles. The van der Waals surface area contributed by atoms with E-state index >= 15 is 0 Å². The molecule has 0 amide bonds. The van der Waals surface area contributed by atoms with Crippen molar-refractivity contribution >= 4 is 5.96 Å². The minimum Gasteiger partial charge on any atom is -0.370 e. The first-order valence-corrected chi connectivity index (χ1v) is 9.53. The molecule has 1 atom stereocenters. The van der Waals surface area contributed by atoms with Gasteiger partial charge in [-0.3, -0.25) is 4.90 Å². The number of hydrogen-bond acceptors (Lipinski definition) is 2. The van der Waals surface area contributed by atoms with Gasteiger partial charge in [-0.15, -0.1) is 0 Å². The Kier molecular flexibility index (Phi) is 6.13. The molecule has 0 bridgehead atoms. The zero-order valence-electron chi connectivity index (χ0n) is 15.0. The van der Waals surface area contributed by atoms with Crippen molar-refractivity contribution in [2.75, 3.05) is 19.6 Å². The van der Waals surface area contributed by atoms with Crippen molar-refractivity contribution in [1.82, 2.24) is 10.2 Å². The van der Waals surface area contributed by atoms with Gasteiger partial charge in [-0.25, -0.2) is 4.99 Å². The molecule has 24 heavy (non-hydrogen) atoms. The number of likely N-dealkylation sites (tertiary alicyclic amines) is 1. The number of nitrogens with two attached hydrogens (primary N) is 1. The summed E-state index contributed by atoms with van der Waals surface area (Å²) in [4.78, 5) is 7.03. The zero-order valence-corrected chi connectivity index (χ0v) is 15.0. The van der Waals surface area contributed by atoms with E-state index in [1.54, 1.807) is 0 Å². The molecule has 132 valence electrons. The summed E-state index contributed by atoms with van der Waals surface area (Å²) in [5.41, 5.74) is 8.57. The maximum absolute atomic E-state index is 5.95. The molecule has 1 aliphatic carbocycles. The highest BCUT2D eigenvalue weighted by atomic mass is 15.1. The first-order chi connectivity index (χ1) is 11.7. The van der Waals surface area contributed by atoms with Crippen molar-refractivity contribution in [1.29, 1.82) is 0 Å². The van der Waals surface area contributed by atoms with Crippen LogP contribution in [0.15, 0.2) is 29.3 Å². The van der Waals surface area contributed by atoms with E-state index in [9.17, 15) is 0 Å². The van der Waals surface area contributed by atoms with Crippen molar-refractivity contribution < 1.29 is 0 Å². The van der Waals surface area contributed by atoms with E-state index in [1.807, 2.05) is 0 Å². The predicted octanol–water partition coefficient (Wildman–Crippen LogP) is 3.12. The Balaban J connectivity index is 1.43. The van der Waals surface area contributed by atoms with Crippen LogP contribution in [-0.4, -0.2) is 30.5 Å². The van der Waals surface area contributed by atoms with E-state index in [-0.39, 0.29) is 0 Å². The first kappa shape index (κ1) is 17.3. The second-order valence-electron chi connectivity index (χ2n) is 7.68. The van der Waals surface area contributed by atoms with Crippen LogP contribution >= 0.6 is 0 Å². The quantitative estimate of drug-likeness (QED) is 0.623. The van der Waals surface area contributed by atoms with Gasteiger partial charge in [0.2, 0.25) is 0 Å². The SMILES string of the molecule is CC1CCCN(Cc2ccc(CN=C(N)NCC3CCC3)cc2)C1. The van der Waals surface area contributed by atoms with Crippen LogP contribution in [0.5, 0.6) is 0 Å². The maximum Gasteiger partial charge on any atom is 0.188 e. The third kappa shape index (κ3) is 5.23. The van der Waals surface area contributed by atoms with Crippen LogP contribution in [0, 0.1) is 11.8 Å². The molecule has 4 nitrogen and oxygen atoms in total. The number of piperidine rings is 1. The van der Waals surface area contributed by atoms with Crippen molar-refractivity contribution in [3.63, 3.8) is 0 Å². The molecule has 1 aromatic rings. The van der Waals surface area contributed by atoms with Crippen LogP contribution in [0.3, 0.4) is 0 Å². The largest absolute Gasteiger partial charge is 0.370 e. The van der Waals surface area contributed by atoms with Crippen LogP contribution in [0.2, 0.25) is 0 Å². The first-order valence-electron chi connectivity index (χ1n) is 9.53. The predicted molar refractivity (Wildman–Crippen MR) is 101 cm³/mol. The topological polar surface area (TPSA) is 53.6 Å². The Morgan fingerprint density at radius 1 is 1.17 bits per heavy atom. The molecule has 2 aliphatic rings. The van der Waals surface area contributed by atoms with Crippen molar-refractivity contribution in [3.05, 3.63) is 35.4 Å². The molecule has 3 rings (SSSR count). The molecule has 4 heteroatoms. The zero-order chi connectivity index (χ0) is 16.8. The number of guanidine groups is 1. The summed E-state index contributed by atoms with van der Waals surface area (Å²) in [7, 11) is 0. The van der Waals surface area contributed by atoms with Crippen LogP contribution in [0.4, 0.5) is 0 Å². The van der Waals surface area contributed by atoms with Crippen LogP contribution in [0.25, 0.3) is 0 Å². The van der Waals surface area contributed by atoms with E-state index in [1.165, 1.54) is 56.3 Å². The number of nitrogens with zero attached hydrogens (tertiary/aromatic N) is 2. The summed E-state index contributed by atoms with van der Waals surface area (Å²) in [5, 5.41) is 3.25. The molecule has 0 aromatic heterocycles. The smallest absolute Gasteiger partial charge is 0.188 e. The molecular weight excluding hydrogens is 296 g/mol. The molecule has 1 unspecified atom stereocenters. The summed E-state index contributed by atoms with van der Waals surface area (Å²) in [6.45, 7) is 7.53. The lowest BCUT2D eigenvalue weighted by molar-refractivity contribution is 0.176. The summed E-state index contributed by atoms with van der Waals surface area (Å²) < 4.78 is 0. The number of aliphatic imine (C=N–C) groups is 1. The Hall–Kier alpha value is -1.55. The van der Waals surface area contributed by atoms with Crippen molar-refractivity contribution in [2.45, 2.75) is 52.1 Å². The molecule has 1 heterocycles. The van der Waals surface area contributed by atoms with Crippen LogP contribution < -0.4 is 11.1 Å². The monoisotopic (exact) mass is 328 g/mol. The normalized spacial score (nSPS) is 23.0. The van der Waals surface area contributed by atoms with Gasteiger partial charge in [-0.2, -0.15) is 0 Å². The summed E-state index contributed by atoms with van der Waals surface area (Å²) in [5.74, 6) is 2.21. The number of rotatable bonds is 6. The van der Waals surface area contributed by atoms with Gasteiger partial charge in [0.15, 0.2) is 5.96 Å². The van der Waals surface area contributed by atoms with E-state index in [2.05, 4.69) is 46.4 Å². The molecular formula is C20H32N4. The lowest BCUT2D eigenvalue weighted by Gasteiger charge is -2.30. The minimum atomic E-state index is 0.577. The lowest BCUT2D eigenvalue weighted by Crippen LogP contribution is -2.37. The Morgan fingerprint density at radius 2 is 1.92 bits per heavy atom. The molecule has 1 aromatic carbocycles. The van der Waals surface area contributed by atoms with Crippen molar-refractivity contribution in [3.8, 4) is 0 Å². The van der Waals surface area contributed by atoms with Crippen molar-refractivity contribution in [2.24, 2.45) is 22.6 Å². The third-order valence-electron chi connectivity index (χ3n) is 5.40. The average Bonchev–Trinajstić information content (AvgIpc) is 2.53. The highest BCUT2D eigenvalue weighted by Gasteiger charge is 2.17. The number of hydrogen-bond donors (Lipinski definition) is 2.